The van der Waals surface area contributed by atoms with Gasteiger partial charge < -0.3 is 14.0 Å². The number of hydrogen-bond donors (Lipinski definition) is 0. The molecular formula is C21H26BF3N2O3. The molecule has 162 valence electrons. The summed E-state index contributed by atoms with van der Waals surface area (Å²) in [7, 11) is -0.844. The molecule has 1 saturated heterocycles. The van der Waals surface area contributed by atoms with Crippen LogP contribution in [0.4, 0.5) is 13.2 Å². The van der Waals surface area contributed by atoms with Crippen LogP contribution in [0.3, 0.4) is 0 Å². The molecule has 5 nitrogen and oxygen atoms in total. The van der Waals surface area contributed by atoms with Crippen LogP contribution in [0, 0.1) is 0 Å². The van der Waals surface area contributed by atoms with Crippen molar-refractivity contribution < 1.29 is 27.2 Å². The van der Waals surface area contributed by atoms with Gasteiger partial charge in [0.05, 0.1) is 16.8 Å². The van der Waals surface area contributed by atoms with Gasteiger partial charge in [-0.05, 0) is 66.2 Å². The van der Waals surface area contributed by atoms with E-state index in [2.05, 4.69) is 9.97 Å². The van der Waals surface area contributed by atoms with Crippen LogP contribution < -0.4 is 10.3 Å². The molecule has 0 spiro atoms. The van der Waals surface area contributed by atoms with Crippen molar-refractivity contribution in [2.24, 2.45) is 0 Å². The van der Waals surface area contributed by atoms with E-state index in [0.29, 0.717) is 5.59 Å². The maximum Gasteiger partial charge on any atom is 0.514 e. The molecule has 0 atom stereocenters. The molecule has 3 rings (SSSR count). The third kappa shape index (κ3) is 4.62. The zero-order valence-electron chi connectivity index (χ0n) is 18.2. The van der Waals surface area contributed by atoms with Gasteiger partial charge >= 0.3 is 13.3 Å². The van der Waals surface area contributed by atoms with Crippen molar-refractivity contribution in [1.29, 1.82) is 0 Å². The summed E-state index contributed by atoms with van der Waals surface area (Å²) in [4.78, 5) is 8.03. The van der Waals surface area contributed by atoms with Gasteiger partial charge in [0.2, 0.25) is 5.88 Å². The summed E-state index contributed by atoms with van der Waals surface area (Å²) >= 11 is 0. The topological polar surface area (TPSA) is 53.5 Å². The van der Waals surface area contributed by atoms with E-state index in [4.69, 9.17) is 14.0 Å². The van der Waals surface area contributed by atoms with E-state index >= 15 is 0 Å². The summed E-state index contributed by atoms with van der Waals surface area (Å²) in [6.07, 6.45) is -3.48. The van der Waals surface area contributed by atoms with Crippen LogP contribution in [0.1, 0.15) is 54.2 Å². The second kappa shape index (κ2) is 7.23. The lowest BCUT2D eigenvalue weighted by atomic mass is 9.82. The quantitative estimate of drug-likeness (QED) is 0.675. The third-order valence-electron chi connectivity index (χ3n) is 5.11. The second-order valence-electron chi connectivity index (χ2n) is 9.32. The van der Waals surface area contributed by atoms with Gasteiger partial charge in [-0.25, -0.2) is 4.98 Å². The molecule has 0 aromatic carbocycles. The minimum atomic E-state index is -4.60. The standard InChI is InChI=1S/C21H26BF3N2O3/c1-18(2,3)28-16-12-13(14-9-8-10-26-17(14)21(23,24)25)11-15(27-16)22-29-19(4,5)20(6,7)30-22/h8-12H,1-7H3. The Morgan fingerprint density at radius 2 is 1.60 bits per heavy atom. The molecule has 2 aromatic heterocycles. The van der Waals surface area contributed by atoms with E-state index in [9.17, 15) is 13.2 Å². The van der Waals surface area contributed by atoms with Crippen molar-refractivity contribution in [2.45, 2.75) is 71.4 Å². The summed E-state index contributed by atoms with van der Waals surface area (Å²) in [6, 6.07) is 5.85. The lowest BCUT2D eigenvalue weighted by molar-refractivity contribution is -0.140. The number of ether oxygens (including phenoxy) is 1. The Hall–Kier alpha value is -2.13. The number of alkyl halides is 3. The van der Waals surface area contributed by atoms with E-state index in [0.717, 1.165) is 6.20 Å². The number of rotatable bonds is 3. The largest absolute Gasteiger partial charge is 0.514 e. The van der Waals surface area contributed by atoms with Crippen LogP contribution in [0.5, 0.6) is 5.88 Å². The Balaban J connectivity index is 2.14. The predicted octanol–water partition coefficient (Wildman–Crippen LogP) is 4.64. The Morgan fingerprint density at radius 1 is 1.00 bits per heavy atom. The Labute approximate surface area is 175 Å². The Morgan fingerprint density at radius 3 is 2.13 bits per heavy atom. The number of nitrogens with zero attached hydrogens (tertiary/aromatic N) is 2. The summed E-state index contributed by atoms with van der Waals surface area (Å²) in [5.41, 5.74) is -2.27. The SMILES string of the molecule is CC(C)(C)Oc1cc(-c2cccnc2C(F)(F)F)cc(B2OC(C)(C)C(C)(C)O2)n1. The highest BCUT2D eigenvalue weighted by Gasteiger charge is 2.52. The first kappa shape index (κ1) is 22.6. The number of pyridine rings is 2. The predicted molar refractivity (Wildman–Crippen MR) is 109 cm³/mol. The molecule has 0 radical (unpaired) electrons. The number of hydrogen-bond acceptors (Lipinski definition) is 5. The summed E-state index contributed by atoms with van der Waals surface area (Å²) in [5.74, 6) is 0.182. The lowest BCUT2D eigenvalue weighted by Crippen LogP contribution is -2.41. The molecule has 9 heteroatoms. The molecule has 0 aliphatic carbocycles. The Bertz CT molecular complexity index is 924. The molecule has 1 aliphatic rings. The normalized spacial score (nSPS) is 18.5. The number of halogens is 3. The first-order valence-corrected chi connectivity index (χ1v) is 9.68. The molecule has 0 unspecified atom stereocenters. The second-order valence-corrected chi connectivity index (χ2v) is 9.32. The van der Waals surface area contributed by atoms with Gasteiger partial charge in [-0.2, -0.15) is 13.2 Å². The summed E-state index contributed by atoms with van der Waals surface area (Å²) in [6.45, 7) is 13.1. The summed E-state index contributed by atoms with van der Waals surface area (Å²) in [5, 5.41) is 0. The fourth-order valence-electron chi connectivity index (χ4n) is 3.00. The smallest absolute Gasteiger partial charge is 0.472 e. The van der Waals surface area contributed by atoms with E-state index in [1.807, 2.05) is 48.5 Å². The van der Waals surface area contributed by atoms with Crippen LogP contribution in [-0.4, -0.2) is 33.9 Å². The van der Waals surface area contributed by atoms with Crippen LogP contribution in [-0.2, 0) is 15.5 Å². The van der Waals surface area contributed by atoms with E-state index < -0.39 is 35.8 Å². The molecule has 0 saturated carbocycles. The van der Waals surface area contributed by atoms with Crippen molar-refractivity contribution in [1.82, 2.24) is 9.97 Å². The maximum absolute atomic E-state index is 13.6. The van der Waals surface area contributed by atoms with Gasteiger partial charge in [0.25, 0.3) is 0 Å². The molecule has 30 heavy (non-hydrogen) atoms. The highest BCUT2D eigenvalue weighted by Crippen LogP contribution is 2.38. The number of aromatic nitrogens is 2. The van der Waals surface area contributed by atoms with Crippen molar-refractivity contribution in [2.75, 3.05) is 0 Å². The third-order valence-corrected chi connectivity index (χ3v) is 5.11. The van der Waals surface area contributed by atoms with Crippen molar-refractivity contribution in [3.63, 3.8) is 0 Å². The van der Waals surface area contributed by atoms with E-state index in [1.165, 1.54) is 24.3 Å². The van der Waals surface area contributed by atoms with Crippen LogP contribution in [0.2, 0.25) is 0 Å². The highest BCUT2D eigenvalue weighted by molar-refractivity contribution is 6.61. The van der Waals surface area contributed by atoms with Crippen LogP contribution >= 0.6 is 0 Å². The molecular weight excluding hydrogens is 396 g/mol. The zero-order chi connectivity index (χ0) is 22.5. The fraction of sp³-hybridized carbons (Fsp3) is 0.524. The van der Waals surface area contributed by atoms with Gasteiger partial charge in [-0.1, -0.05) is 6.07 Å². The van der Waals surface area contributed by atoms with Gasteiger partial charge in [0.1, 0.15) is 5.60 Å². The van der Waals surface area contributed by atoms with Gasteiger partial charge in [-0.3, -0.25) is 4.98 Å². The molecule has 0 amide bonds. The van der Waals surface area contributed by atoms with Gasteiger partial charge in [-0.15, -0.1) is 0 Å². The van der Waals surface area contributed by atoms with E-state index in [1.54, 1.807) is 0 Å². The van der Waals surface area contributed by atoms with Crippen LogP contribution in [0.15, 0.2) is 30.5 Å². The summed E-state index contributed by atoms with van der Waals surface area (Å²) < 4.78 is 58.6. The molecule has 3 heterocycles. The molecule has 2 aromatic rings. The average molecular weight is 422 g/mol. The monoisotopic (exact) mass is 422 g/mol. The minimum absolute atomic E-state index is 0.0658. The van der Waals surface area contributed by atoms with Crippen molar-refractivity contribution in [3.8, 4) is 17.0 Å². The highest BCUT2D eigenvalue weighted by atomic mass is 19.4. The zero-order valence-corrected chi connectivity index (χ0v) is 18.2. The van der Waals surface area contributed by atoms with E-state index in [-0.39, 0.29) is 17.0 Å². The maximum atomic E-state index is 13.6. The van der Waals surface area contributed by atoms with Crippen molar-refractivity contribution >= 4 is 12.7 Å². The minimum Gasteiger partial charge on any atom is -0.472 e. The molecule has 1 fully saturated rings. The van der Waals surface area contributed by atoms with Crippen LogP contribution in [0.25, 0.3) is 11.1 Å². The molecule has 0 bridgehead atoms. The van der Waals surface area contributed by atoms with Gasteiger partial charge in [0, 0.05) is 17.8 Å². The molecule has 0 N–H and O–H groups in total. The van der Waals surface area contributed by atoms with Gasteiger partial charge in [0.15, 0.2) is 5.69 Å². The average Bonchev–Trinajstić information content (AvgIpc) is 2.80. The first-order chi connectivity index (χ1) is 13.6. The first-order valence-electron chi connectivity index (χ1n) is 9.68. The molecule has 1 aliphatic heterocycles. The lowest BCUT2D eigenvalue weighted by Gasteiger charge is -2.32. The Kier molecular flexibility index (Phi) is 5.44. The fourth-order valence-corrected chi connectivity index (χ4v) is 3.00. The van der Waals surface area contributed by atoms with Crippen molar-refractivity contribution in [3.05, 3.63) is 36.2 Å².